The summed E-state index contributed by atoms with van der Waals surface area (Å²) in [5, 5.41) is 2.84. The molecule has 168 valence electrons. The first-order valence-electron chi connectivity index (χ1n) is 10.8. The number of fused-ring (bicyclic) bond motifs is 1. The van der Waals surface area contributed by atoms with Gasteiger partial charge in [0.1, 0.15) is 0 Å². The Hall–Kier alpha value is -2.94. The molecule has 0 bridgehead atoms. The van der Waals surface area contributed by atoms with E-state index in [1.54, 1.807) is 40.5 Å². The van der Waals surface area contributed by atoms with Crippen LogP contribution in [-0.4, -0.2) is 45.5 Å². The zero-order valence-electron chi connectivity index (χ0n) is 18.3. The van der Waals surface area contributed by atoms with Crippen molar-refractivity contribution < 1.29 is 13.2 Å². The van der Waals surface area contributed by atoms with E-state index < -0.39 is 15.4 Å². The van der Waals surface area contributed by atoms with Crippen molar-refractivity contribution in [2.45, 2.75) is 51.1 Å². The van der Waals surface area contributed by atoms with Crippen molar-refractivity contribution >= 4 is 26.8 Å². The molecular formula is C23H26N4O4S. The maximum absolute atomic E-state index is 13.4. The molecule has 0 spiro atoms. The van der Waals surface area contributed by atoms with E-state index in [0.717, 1.165) is 18.4 Å². The van der Waals surface area contributed by atoms with Gasteiger partial charge in [0.25, 0.3) is 5.91 Å². The number of aromatic nitrogens is 3. The average molecular weight is 455 g/mol. The summed E-state index contributed by atoms with van der Waals surface area (Å²) in [6.07, 6.45) is 5.84. The van der Waals surface area contributed by atoms with Gasteiger partial charge in [-0.3, -0.25) is 18.9 Å². The third-order valence-corrected chi connectivity index (χ3v) is 8.35. The van der Waals surface area contributed by atoms with Gasteiger partial charge in [0.15, 0.2) is 9.84 Å². The van der Waals surface area contributed by atoms with E-state index in [0.29, 0.717) is 28.2 Å². The molecule has 1 N–H and O–H groups in total. The Balaban J connectivity index is 1.57. The highest BCUT2D eigenvalue weighted by molar-refractivity contribution is 7.93. The second-order valence-electron chi connectivity index (χ2n) is 9.58. The topological polar surface area (TPSA) is 103 Å². The zero-order chi connectivity index (χ0) is 22.8. The SMILES string of the molecule is CC(C)n1c(=O)n(-c2cncc(C3CC3)c2)c2ccc(C(=O)NC3(C)CS(=O)(=O)C3)cc21. The summed E-state index contributed by atoms with van der Waals surface area (Å²) in [5.74, 6) is 0.0392. The third-order valence-electron chi connectivity index (χ3n) is 6.20. The van der Waals surface area contributed by atoms with E-state index in [2.05, 4.69) is 10.3 Å². The predicted octanol–water partition coefficient (Wildman–Crippen LogP) is 2.56. The average Bonchev–Trinajstić information content (AvgIpc) is 3.48. The second-order valence-corrected chi connectivity index (χ2v) is 11.6. The van der Waals surface area contributed by atoms with Gasteiger partial charge in [-0.15, -0.1) is 0 Å². The van der Waals surface area contributed by atoms with Crippen LogP contribution in [0.3, 0.4) is 0 Å². The lowest BCUT2D eigenvalue weighted by Gasteiger charge is -2.38. The molecule has 0 unspecified atom stereocenters. The van der Waals surface area contributed by atoms with E-state index >= 15 is 0 Å². The molecule has 3 heterocycles. The first-order valence-corrected chi connectivity index (χ1v) is 12.6. The van der Waals surface area contributed by atoms with Gasteiger partial charge in [-0.1, -0.05) is 0 Å². The number of carbonyl (C=O) groups is 1. The summed E-state index contributed by atoms with van der Waals surface area (Å²) in [7, 11) is -3.08. The van der Waals surface area contributed by atoms with Crippen molar-refractivity contribution in [3.63, 3.8) is 0 Å². The van der Waals surface area contributed by atoms with Crippen LogP contribution in [0.1, 0.15) is 61.5 Å². The van der Waals surface area contributed by atoms with Crippen molar-refractivity contribution in [1.82, 2.24) is 19.4 Å². The number of nitrogens with zero attached hydrogens (tertiary/aromatic N) is 3. The van der Waals surface area contributed by atoms with Crippen LogP contribution in [0.5, 0.6) is 0 Å². The maximum atomic E-state index is 13.4. The van der Waals surface area contributed by atoms with Gasteiger partial charge >= 0.3 is 5.69 Å². The summed E-state index contributed by atoms with van der Waals surface area (Å²) in [6, 6.07) is 7.06. The highest BCUT2D eigenvalue weighted by Gasteiger charge is 2.45. The van der Waals surface area contributed by atoms with Crippen molar-refractivity contribution in [3.8, 4) is 5.69 Å². The standard InChI is InChI=1S/C23H26N4O4S/c1-14(2)26-20-9-16(21(28)25-23(3)12-32(30,31)13-23)6-7-19(20)27(22(26)29)18-8-17(10-24-11-18)15-4-5-15/h6-11,14-15H,4-5,12-13H2,1-3H3,(H,25,28). The number of hydrogen-bond acceptors (Lipinski definition) is 5. The van der Waals surface area contributed by atoms with E-state index in [4.69, 9.17) is 0 Å². The number of imidazole rings is 1. The molecule has 3 aromatic rings. The Kier molecular flexibility index (Phi) is 4.60. The molecule has 0 atom stereocenters. The zero-order valence-corrected chi connectivity index (χ0v) is 19.1. The van der Waals surface area contributed by atoms with Crippen LogP contribution in [0.25, 0.3) is 16.7 Å². The summed E-state index contributed by atoms with van der Waals surface area (Å²) >= 11 is 0. The molecule has 1 amide bonds. The summed E-state index contributed by atoms with van der Waals surface area (Å²) in [5.41, 5.74) is 2.66. The monoisotopic (exact) mass is 454 g/mol. The van der Waals surface area contributed by atoms with Crippen LogP contribution in [0.4, 0.5) is 0 Å². The Morgan fingerprint density at radius 1 is 1.16 bits per heavy atom. The predicted molar refractivity (Wildman–Crippen MR) is 122 cm³/mol. The summed E-state index contributed by atoms with van der Waals surface area (Å²) in [6.45, 7) is 5.58. The number of rotatable bonds is 5. The molecule has 1 saturated heterocycles. The van der Waals surface area contributed by atoms with Crippen molar-refractivity contribution in [2.24, 2.45) is 0 Å². The van der Waals surface area contributed by atoms with Gasteiger partial charge in [0.05, 0.1) is 40.0 Å². The normalized spacial score (nSPS) is 19.1. The first-order chi connectivity index (χ1) is 15.1. The molecule has 2 aliphatic rings. The van der Waals surface area contributed by atoms with E-state index in [9.17, 15) is 18.0 Å². The van der Waals surface area contributed by atoms with Crippen molar-refractivity contribution in [3.05, 3.63) is 58.3 Å². The number of nitrogens with one attached hydrogen (secondary N) is 1. The lowest BCUT2D eigenvalue weighted by molar-refractivity contribution is 0.0917. The summed E-state index contributed by atoms with van der Waals surface area (Å²) in [4.78, 5) is 30.6. The Bertz CT molecular complexity index is 1400. The van der Waals surface area contributed by atoms with Crippen LogP contribution in [0, 0.1) is 0 Å². The van der Waals surface area contributed by atoms with Crippen LogP contribution >= 0.6 is 0 Å². The van der Waals surface area contributed by atoms with Gasteiger partial charge < -0.3 is 5.32 Å². The molecule has 1 aliphatic carbocycles. The van der Waals surface area contributed by atoms with Crippen molar-refractivity contribution in [2.75, 3.05) is 11.5 Å². The lowest BCUT2D eigenvalue weighted by atomic mass is 10.1. The molecule has 32 heavy (non-hydrogen) atoms. The van der Waals surface area contributed by atoms with Gasteiger partial charge in [0.2, 0.25) is 0 Å². The second kappa shape index (κ2) is 7.03. The van der Waals surface area contributed by atoms with Crippen LogP contribution < -0.4 is 11.0 Å². The van der Waals surface area contributed by atoms with Gasteiger partial charge in [-0.05, 0) is 69.4 Å². The maximum Gasteiger partial charge on any atom is 0.334 e. The number of pyridine rings is 1. The molecule has 1 aromatic carbocycles. The van der Waals surface area contributed by atoms with E-state index in [1.807, 2.05) is 26.1 Å². The molecule has 9 heteroatoms. The van der Waals surface area contributed by atoms with Crippen molar-refractivity contribution in [1.29, 1.82) is 0 Å². The number of carbonyl (C=O) groups excluding carboxylic acids is 1. The highest BCUT2D eigenvalue weighted by atomic mass is 32.2. The minimum absolute atomic E-state index is 0.0641. The van der Waals surface area contributed by atoms with Gasteiger partial charge in [0, 0.05) is 17.8 Å². The Labute approximate surface area is 186 Å². The number of hydrogen-bond donors (Lipinski definition) is 1. The highest BCUT2D eigenvalue weighted by Crippen LogP contribution is 2.40. The fraction of sp³-hybridized carbons (Fsp3) is 0.435. The quantitative estimate of drug-likeness (QED) is 0.638. The van der Waals surface area contributed by atoms with Crippen LogP contribution in [0.15, 0.2) is 41.5 Å². The lowest BCUT2D eigenvalue weighted by Crippen LogP contribution is -2.63. The number of sulfone groups is 1. The molecule has 8 nitrogen and oxygen atoms in total. The van der Waals surface area contributed by atoms with Crippen LogP contribution in [0.2, 0.25) is 0 Å². The molecule has 2 fully saturated rings. The van der Waals surface area contributed by atoms with Crippen LogP contribution in [-0.2, 0) is 9.84 Å². The molecule has 1 aliphatic heterocycles. The van der Waals surface area contributed by atoms with E-state index in [-0.39, 0.29) is 29.1 Å². The fourth-order valence-corrected chi connectivity index (χ4v) is 6.66. The molecule has 1 saturated carbocycles. The minimum atomic E-state index is -3.08. The first kappa shape index (κ1) is 20.9. The Morgan fingerprint density at radius 3 is 2.50 bits per heavy atom. The Morgan fingerprint density at radius 2 is 1.88 bits per heavy atom. The minimum Gasteiger partial charge on any atom is -0.345 e. The fourth-order valence-electron chi connectivity index (χ4n) is 4.66. The number of benzene rings is 1. The molecule has 0 radical (unpaired) electrons. The molecule has 5 rings (SSSR count). The largest absolute Gasteiger partial charge is 0.345 e. The molecule has 2 aromatic heterocycles. The smallest absolute Gasteiger partial charge is 0.334 e. The summed E-state index contributed by atoms with van der Waals surface area (Å²) < 4.78 is 26.4. The van der Waals surface area contributed by atoms with Gasteiger partial charge in [-0.25, -0.2) is 13.2 Å². The number of amides is 1. The third kappa shape index (κ3) is 3.54. The van der Waals surface area contributed by atoms with Gasteiger partial charge in [-0.2, -0.15) is 0 Å². The van der Waals surface area contributed by atoms with E-state index in [1.165, 1.54) is 0 Å². The molecular weight excluding hydrogens is 428 g/mol.